The molecule has 0 saturated carbocycles. The lowest BCUT2D eigenvalue weighted by atomic mass is 10.1. The summed E-state index contributed by atoms with van der Waals surface area (Å²) in [4.78, 5) is 23.1. The third-order valence-electron chi connectivity index (χ3n) is 2.70. The maximum absolute atomic E-state index is 11.9. The van der Waals surface area contributed by atoms with Crippen molar-refractivity contribution in [2.24, 2.45) is 0 Å². The third kappa shape index (κ3) is 7.40. The lowest BCUT2D eigenvalue weighted by Crippen LogP contribution is -2.49. The molecule has 0 aliphatic heterocycles. The number of carbonyl (C=O) groups is 2. The maximum atomic E-state index is 11.9. The van der Waals surface area contributed by atoms with Gasteiger partial charge in [0.05, 0.1) is 17.8 Å². The van der Waals surface area contributed by atoms with Crippen molar-refractivity contribution in [2.45, 2.75) is 19.4 Å². The molecule has 1 rings (SSSR count). The van der Waals surface area contributed by atoms with E-state index >= 15 is 0 Å². The quantitative estimate of drug-likeness (QED) is 0.666. The van der Waals surface area contributed by atoms with Gasteiger partial charge in [-0.05, 0) is 25.6 Å². The van der Waals surface area contributed by atoms with Crippen LogP contribution < -0.4 is 10.4 Å². The first-order valence-corrected chi connectivity index (χ1v) is 11.5. The van der Waals surface area contributed by atoms with E-state index in [1.165, 1.54) is 11.4 Å². The summed E-state index contributed by atoms with van der Waals surface area (Å²) < 4.78 is 5.41. The Morgan fingerprint density at radius 2 is 2.05 bits per heavy atom. The zero-order valence-corrected chi connectivity index (χ0v) is 15.0. The molecule has 8 heteroatoms. The fourth-order valence-electron chi connectivity index (χ4n) is 1.73. The van der Waals surface area contributed by atoms with E-state index in [4.69, 9.17) is 16.3 Å². The minimum atomic E-state index is -2.05. The highest BCUT2D eigenvalue weighted by atomic mass is 32.9. The van der Waals surface area contributed by atoms with Crippen LogP contribution in [-0.4, -0.2) is 36.9 Å². The second kappa shape index (κ2) is 9.30. The van der Waals surface area contributed by atoms with Gasteiger partial charge in [0.2, 0.25) is 5.91 Å². The highest BCUT2D eigenvalue weighted by molar-refractivity contribution is 8.69. The van der Waals surface area contributed by atoms with Gasteiger partial charge in [-0.15, -0.1) is 0 Å². The van der Waals surface area contributed by atoms with E-state index in [0.717, 1.165) is 5.56 Å². The molecule has 0 unspecified atom stereocenters. The van der Waals surface area contributed by atoms with Crippen molar-refractivity contribution in [3.63, 3.8) is 0 Å². The number of carboxylic acids is 1. The summed E-state index contributed by atoms with van der Waals surface area (Å²) in [6.45, 7) is 4.14. The van der Waals surface area contributed by atoms with E-state index in [2.05, 4.69) is 5.32 Å². The van der Waals surface area contributed by atoms with Crippen molar-refractivity contribution in [1.29, 1.82) is 0 Å². The molecule has 1 aromatic carbocycles. The molecule has 0 radical (unpaired) electrons. The number of benzene rings is 1. The first-order valence-electron chi connectivity index (χ1n) is 6.75. The largest absolute Gasteiger partial charge is 0.548 e. The lowest BCUT2D eigenvalue weighted by Gasteiger charge is -2.21. The fraction of sp³-hybridized carbons (Fsp3) is 0.429. The van der Waals surface area contributed by atoms with Gasteiger partial charge in [0.15, 0.2) is 0 Å². The van der Waals surface area contributed by atoms with Gasteiger partial charge in [0.25, 0.3) is 0 Å². The molecule has 0 aliphatic carbocycles. The summed E-state index contributed by atoms with van der Waals surface area (Å²) in [5.74, 6) is -1.61. The van der Waals surface area contributed by atoms with E-state index in [1.54, 1.807) is 18.8 Å². The van der Waals surface area contributed by atoms with E-state index in [0.29, 0.717) is 6.61 Å². The van der Waals surface area contributed by atoms with Gasteiger partial charge in [-0.3, -0.25) is 4.79 Å². The summed E-state index contributed by atoms with van der Waals surface area (Å²) in [6.07, 6.45) is 0.186. The summed E-state index contributed by atoms with van der Waals surface area (Å²) in [7, 11) is 0. The molecule has 0 heterocycles. The maximum Gasteiger partial charge on any atom is 0.230 e. The van der Waals surface area contributed by atoms with Gasteiger partial charge in [-0.25, -0.2) is 0 Å². The average molecular weight is 360 g/mol. The van der Waals surface area contributed by atoms with Crippen LogP contribution in [0.2, 0.25) is 0 Å². The predicted molar refractivity (Wildman–Crippen MR) is 91.4 cm³/mol. The number of carboxylic acid groups (broad SMARTS) is 1. The van der Waals surface area contributed by atoms with Crippen LogP contribution in [0.4, 0.5) is 0 Å². The second-order valence-electron chi connectivity index (χ2n) is 4.59. The number of amides is 1. The summed E-state index contributed by atoms with van der Waals surface area (Å²) in [6, 6.07) is 8.02. The normalized spacial score (nSPS) is 14.8. The standard InChI is InChI=1S/C14H20NO4PS2/c1-3-19-20(2,21)22-10-13(16)15-12(14(17)18)9-11-7-5-4-6-8-11/h4-8,12H,3,9-10H2,1-2H3,(H,15,16)(H,17,18)/p-1/t12-,20-/m1/s1. The number of aliphatic carboxylic acids is 1. The van der Waals surface area contributed by atoms with E-state index in [1.807, 2.05) is 25.1 Å². The van der Waals surface area contributed by atoms with Crippen molar-refractivity contribution >= 4 is 40.5 Å². The molecule has 2 atom stereocenters. The number of rotatable bonds is 9. The molecule has 1 amide bonds. The Balaban J connectivity index is 2.55. The zero-order valence-electron chi connectivity index (χ0n) is 12.5. The van der Waals surface area contributed by atoms with Gasteiger partial charge in [-0.1, -0.05) is 53.5 Å². The van der Waals surface area contributed by atoms with Crippen LogP contribution >= 0.6 is 16.8 Å². The molecule has 0 fully saturated rings. The van der Waals surface area contributed by atoms with Crippen molar-refractivity contribution in [3.8, 4) is 0 Å². The Bertz CT molecular complexity index is 553. The molecular formula is C14H19NO4PS2-. The highest BCUT2D eigenvalue weighted by Crippen LogP contribution is 2.56. The molecular weight excluding hydrogens is 341 g/mol. The zero-order chi connectivity index (χ0) is 16.6. The number of hydrogen-bond acceptors (Lipinski definition) is 6. The van der Waals surface area contributed by atoms with Crippen LogP contribution in [0.25, 0.3) is 0 Å². The van der Waals surface area contributed by atoms with Crippen LogP contribution in [0.15, 0.2) is 30.3 Å². The Labute approximate surface area is 139 Å². The van der Waals surface area contributed by atoms with Crippen LogP contribution in [-0.2, 0) is 32.3 Å². The van der Waals surface area contributed by atoms with Crippen LogP contribution in [0.3, 0.4) is 0 Å². The Kier molecular flexibility index (Phi) is 8.10. The molecule has 5 nitrogen and oxygen atoms in total. The predicted octanol–water partition coefficient (Wildman–Crippen LogP) is 1.17. The molecule has 122 valence electrons. The second-order valence-corrected chi connectivity index (χ2v) is 12.6. The van der Waals surface area contributed by atoms with Crippen molar-refractivity contribution in [3.05, 3.63) is 35.9 Å². The monoisotopic (exact) mass is 360 g/mol. The Morgan fingerprint density at radius 3 is 2.59 bits per heavy atom. The Hall–Kier alpha value is -0.880. The van der Waals surface area contributed by atoms with Gasteiger partial charge in [0, 0.05) is 6.61 Å². The number of nitrogens with one attached hydrogen (secondary N) is 1. The third-order valence-corrected chi connectivity index (χ3v) is 7.66. The minimum absolute atomic E-state index is 0.0757. The molecule has 1 aromatic rings. The van der Waals surface area contributed by atoms with E-state index < -0.39 is 17.5 Å². The number of carbonyl (C=O) groups excluding carboxylic acids is 2. The average Bonchev–Trinajstić information content (AvgIpc) is 2.45. The molecule has 1 N–H and O–H groups in total. The van der Waals surface area contributed by atoms with Gasteiger partial charge < -0.3 is 19.7 Å². The molecule has 0 aliphatic rings. The van der Waals surface area contributed by atoms with Crippen LogP contribution in [0.1, 0.15) is 12.5 Å². The summed E-state index contributed by atoms with van der Waals surface area (Å²) in [5, 5.41) is 13.6. The topological polar surface area (TPSA) is 78.5 Å². The van der Waals surface area contributed by atoms with Crippen LogP contribution in [0, 0.1) is 0 Å². The first kappa shape index (κ1) is 19.2. The van der Waals surface area contributed by atoms with Gasteiger partial charge >= 0.3 is 0 Å². The van der Waals surface area contributed by atoms with Crippen molar-refractivity contribution < 1.29 is 19.2 Å². The smallest absolute Gasteiger partial charge is 0.230 e. The molecule has 22 heavy (non-hydrogen) atoms. The van der Waals surface area contributed by atoms with E-state index in [9.17, 15) is 14.7 Å². The van der Waals surface area contributed by atoms with Crippen molar-refractivity contribution in [2.75, 3.05) is 19.0 Å². The first-order chi connectivity index (χ1) is 10.3. The van der Waals surface area contributed by atoms with Crippen LogP contribution in [0.5, 0.6) is 0 Å². The Morgan fingerprint density at radius 1 is 1.41 bits per heavy atom. The SMILES string of the molecule is CCO[P@](C)(=S)SCC(=O)N[C@H](Cc1ccccc1)C(=O)[O-]. The van der Waals surface area contributed by atoms with Gasteiger partial charge in [0.1, 0.15) is 5.47 Å². The minimum Gasteiger partial charge on any atom is -0.548 e. The highest BCUT2D eigenvalue weighted by Gasteiger charge is 2.17. The summed E-state index contributed by atoms with van der Waals surface area (Å²) in [5.41, 5.74) is -1.23. The fourth-order valence-corrected chi connectivity index (χ4v) is 5.09. The molecule has 0 bridgehead atoms. The van der Waals surface area contributed by atoms with Gasteiger partial charge in [-0.2, -0.15) is 0 Å². The van der Waals surface area contributed by atoms with Crippen molar-refractivity contribution in [1.82, 2.24) is 5.32 Å². The van der Waals surface area contributed by atoms with E-state index in [-0.39, 0.29) is 18.1 Å². The summed E-state index contributed by atoms with van der Waals surface area (Å²) >= 11 is 6.52. The molecule has 0 aromatic heterocycles. The molecule has 0 spiro atoms. The number of hydrogen-bond donors (Lipinski definition) is 1. The lowest BCUT2D eigenvalue weighted by molar-refractivity contribution is -0.308. The molecule has 0 saturated heterocycles.